The van der Waals surface area contributed by atoms with Gasteiger partial charge in [-0.1, -0.05) is 25.1 Å². The fourth-order valence-corrected chi connectivity index (χ4v) is 1.79. The topological polar surface area (TPSA) is 67.0 Å². The number of para-hydroxylation sites is 1. The molecule has 2 rings (SSSR count). The summed E-state index contributed by atoms with van der Waals surface area (Å²) in [4.78, 5) is 12.2. The van der Waals surface area contributed by atoms with Crippen molar-refractivity contribution in [3.05, 3.63) is 41.6 Å². The van der Waals surface area contributed by atoms with Gasteiger partial charge in [-0.3, -0.25) is 9.89 Å². The lowest BCUT2D eigenvalue weighted by molar-refractivity contribution is -0.122. The summed E-state index contributed by atoms with van der Waals surface area (Å²) in [5.74, 6) is 1.05. The van der Waals surface area contributed by atoms with Crippen molar-refractivity contribution in [2.45, 2.75) is 33.3 Å². The van der Waals surface area contributed by atoms with Crippen molar-refractivity contribution in [1.29, 1.82) is 0 Å². The molecule has 0 bridgehead atoms. The molecule has 0 aliphatic carbocycles. The van der Waals surface area contributed by atoms with E-state index in [9.17, 15) is 4.79 Å². The molecule has 0 aliphatic heterocycles. The van der Waals surface area contributed by atoms with E-state index in [1.807, 2.05) is 51.1 Å². The summed E-state index contributed by atoms with van der Waals surface area (Å²) < 4.78 is 5.69. The third-order valence-corrected chi connectivity index (χ3v) is 3.18. The molecule has 0 aliphatic rings. The number of rotatable bonds is 5. The van der Waals surface area contributed by atoms with Crippen molar-refractivity contribution in [2.75, 3.05) is 5.32 Å². The molecule has 1 atom stereocenters. The van der Waals surface area contributed by atoms with Crippen molar-refractivity contribution in [3.63, 3.8) is 0 Å². The molecule has 106 valence electrons. The maximum absolute atomic E-state index is 12.2. The fourth-order valence-electron chi connectivity index (χ4n) is 1.79. The molecule has 1 aromatic carbocycles. The monoisotopic (exact) mass is 273 g/mol. The molecule has 20 heavy (non-hydrogen) atoms. The minimum atomic E-state index is -0.534. The summed E-state index contributed by atoms with van der Waals surface area (Å²) >= 11 is 0. The zero-order valence-corrected chi connectivity index (χ0v) is 11.9. The van der Waals surface area contributed by atoms with E-state index in [1.54, 1.807) is 0 Å². The highest BCUT2D eigenvalue weighted by Crippen LogP contribution is 2.16. The number of ether oxygens (including phenoxy) is 1. The van der Waals surface area contributed by atoms with Gasteiger partial charge in [0, 0.05) is 11.3 Å². The Bertz CT molecular complexity index is 578. The predicted octanol–water partition coefficient (Wildman–Crippen LogP) is 2.82. The second-order valence-electron chi connectivity index (χ2n) is 4.64. The molecule has 0 spiro atoms. The van der Waals surface area contributed by atoms with Crippen LogP contribution in [-0.4, -0.2) is 22.2 Å². The molecule has 1 amide bonds. The lowest BCUT2D eigenvalue weighted by Gasteiger charge is -2.16. The Balaban J connectivity index is 2.04. The average Bonchev–Trinajstić information content (AvgIpc) is 2.77. The maximum atomic E-state index is 12.2. The number of amides is 1. The van der Waals surface area contributed by atoms with E-state index < -0.39 is 6.10 Å². The van der Waals surface area contributed by atoms with Gasteiger partial charge in [0.1, 0.15) is 5.75 Å². The summed E-state index contributed by atoms with van der Waals surface area (Å²) in [5, 5.41) is 9.71. The Morgan fingerprint density at radius 3 is 2.60 bits per heavy atom. The van der Waals surface area contributed by atoms with Crippen LogP contribution < -0.4 is 10.1 Å². The first-order valence-corrected chi connectivity index (χ1v) is 6.66. The molecule has 2 aromatic rings. The van der Waals surface area contributed by atoms with E-state index in [0.717, 1.165) is 11.3 Å². The normalized spacial score (nSPS) is 11.9. The largest absolute Gasteiger partial charge is 0.481 e. The van der Waals surface area contributed by atoms with Crippen LogP contribution in [0, 0.1) is 13.8 Å². The highest BCUT2D eigenvalue weighted by molar-refractivity contribution is 5.94. The Hall–Kier alpha value is -2.30. The van der Waals surface area contributed by atoms with Crippen LogP contribution in [0.15, 0.2) is 30.3 Å². The third kappa shape index (κ3) is 3.17. The van der Waals surface area contributed by atoms with Crippen LogP contribution in [0.4, 0.5) is 5.82 Å². The number of H-pyrrole nitrogens is 1. The van der Waals surface area contributed by atoms with Crippen LogP contribution in [0.25, 0.3) is 0 Å². The highest BCUT2D eigenvalue weighted by Gasteiger charge is 2.20. The van der Waals surface area contributed by atoms with Gasteiger partial charge in [0.25, 0.3) is 5.91 Å². The third-order valence-electron chi connectivity index (χ3n) is 3.18. The van der Waals surface area contributed by atoms with E-state index in [4.69, 9.17) is 4.74 Å². The van der Waals surface area contributed by atoms with E-state index in [2.05, 4.69) is 15.5 Å². The number of hydrogen-bond acceptors (Lipinski definition) is 3. The van der Waals surface area contributed by atoms with Gasteiger partial charge >= 0.3 is 0 Å². The molecule has 0 saturated carbocycles. The van der Waals surface area contributed by atoms with Gasteiger partial charge in [-0.2, -0.15) is 5.10 Å². The number of aryl methyl sites for hydroxylation is 1. The Labute approximate surface area is 118 Å². The van der Waals surface area contributed by atoms with Crippen molar-refractivity contribution >= 4 is 11.7 Å². The lowest BCUT2D eigenvalue weighted by atomic mass is 10.2. The fraction of sp³-hybridized carbons (Fsp3) is 0.333. The molecule has 0 radical (unpaired) electrons. The van der Waals surface area contributed by atoms with Crippen LogP contribution in [0.3, 0.4) is 0 Å². The van der Waals surface area contributed by atoms with Gasteiger partial charge in [-0.25, -0.2) is 0 Å². The molecule has 0 fully saturated rings. The zero-order valence-electron chi connectivity index (χ0n) is 11.9. The number of nitrogens with one attached hydrogen (secondary N) is 2. The van der Waals surface area contributed by atoms with Crippen LogP contribution in [0.2, 0.25) is 0 Å². The molecule has 1 unspecified atom stereocenters. The van der Waals surface area contributed by atoms with Gasteiger partial charge in [0.05, 0.1) is 0 Å². The quantitative estimate of drug-likeness (QED) is 0.880. The van der Waals surface area contributed by atoms with Gasteiger partial charge in [0.2, 0.25) is 0 Å². The van der Waals surface area contributed by atoms with E-state index in [1.165, 1.54) is 0 Å². The number of aromatic nitrogens is 2. The summed E-state index contributed by atoms with van der Waals surface area (Å²) in [6, 6.07) is 9.33. The molecular formula is C15H19N3O2. The Morgan fingerprint density at radius 2 is 2.05 bits per heavy atom. The first-order valence-electron chi connectivity index (χ1n) is 6.66. The molecule has 2 N–H and O–H groups in total. The number of carbonyl (C=O) groups is 1. The van der Waals surface area contributed by atoms with Gasteiger partial charge < -0.3 is 10.1 Å². The minimum absolute atomic E-state index is 0.189. The number of hydrogen-bond donors (Lipinski definition) is 2. The number of nitrogens with zero attached hydrogens (tertiary/aromatic N) is 1. The number of anilines is 1. The van der Waals surface area contributed by atoms with Crippen LogP contribution in [0.5, 0.6) is 5.75 Å². The summed E-state index contributed by atoms with van der Waals surface area (Å²) in [6.07, 6.45) is 0.0530. The lowest BCUT2D eigenvalue weighted by Crippen LogP contribution is -2.32. The second kappa shape index (κ2) is 6.23. The second-order valence-corrected chi connectivity index (χ2v) is 4.64. The Kier molecular flexibility index (Phi) is 4.40. The zero-order chi connectivity index (χ0) is 14.5. The van der Waals surface area contributed by atoms with Crippen LogP contribution >= 0.6 is 0 Å². The van der Waals surface area contributed by atoms with Crippen molar-refractivity contribution < 1.29 is 9.53 Å². The molecular weight excluding hydrogens is 254 g/mol. The predicted molar refractivity (Wildman–Crippen MR) is 77.8 cm³/mol. The number of carbonyl (C=O) groups excluding carboxylic acids is 1. The van der Waals surface area contributed by atoms with Gasteiger partial charge in [-0.05, 0) is 32.4 Å². The number of benzene rings is 1. The van der Waals surface area contributed by atoms with Crippen LogP contribution in [-0.2, 0) is 4.79 Å². The van der Waals surface area contributed by atoms with Gasteiger partial charge in [-0.15, -0.1) is 0 Å². The molecule has 5 nitrogen and oxygen atoms in total. The summed E-state index contributed by atoms with van der Waals surface area (Å²) in [7, 11) is 0. The van der Waals surface area contributed by atoms with Gasteiger partial charge in [0.15, 0.2) is 11.9 Å². The first kappa shape index (κ1) is 14.1. The average molecular weight is 273 g/mol. The van der Waals surface area contributed by atoms with Crippen molar-refractivity contribution in [3.8, 4) is 5.75 Å². The van der Waals surface area contributed by atoms with Crippen molar-refractivity contribution in [1.82, 2.24) is 10.2 Å². The Morgan fingerprint density at radius 1 is 1.35 bits per heavy atom. The molecule has 1 heterocycles. The van der Waals surface area contributed by atoms with Crippen LogP contribution in [0.1, 0.15) is 24.6 Å². The smallest absolute Gasteiger partial charge is 0.266 e. The molecule has 0 saturated heterocycles. The summed E-state index contributed by atoms with van der Waals surface area (Å²) in [6.45, 7) is 5.74. The highest BCUT2D eigenvalue weighted by atomic mass is 16.5. The van der Waals surface area contributed by atoms with E-state index in [-0.39, 0.29) is 5.91 Å². The maximum Gasteiger partial charge on any atom is 0.266 e. The molecule has 1 aromatic heterocycles. The summed E-state index contributed by atoms with van der Waals surface area (Å²) in [5.41, 5.74) is 1.88. The standard InChI is InChI=1S/C15H19N3O2/c1-4-13(20-12-8-6-5-7-9-12)15(19)16-14-10(2)11(3)17-18-14/h5-9,13H,4H2,1-3H3,(H2,16,17,18,19). The molecule has 5 heteroatoms. The SMILES string of the molecule is CCC(Oc1ccccc1)C(=O)Nc1n[nH]c(C)c1C. The van der Waals surface area contributed by atoms with Crippen molar-refractivity contribution in [2.24, 2.45) is 0 Å². The minimum Gasteiger partial charge on any atom is -0.481 e. The number of aromatic amines is 1. The van der Waals surface area contributed by atoms with E-state index in [0.29, 0.717) is 18.0 Å². The first-order chi connectivity index (χ1) is 9.61. The van der Waals surface area contributed by atoms with E-state index >= 15 is 0 Å².